The van der Waals surface area contributed by atoms with E-state index in [0.29, 0.717) is 18.3 Å². The Labute approximate surface area is 122 Å². The lowest BCUT2D eigenvalue weighted by Gasteiger charge is -2.06. The van der Waals surface area contributed by atoms with Crippen LogP contribution in [0.25, 0.3) is 11.3 Å². The van der Waals surface area contributed by atoms with E-state index in [9.17, 15) is 0 Å². The molecule has 0 fully saturated rings. The van der Waals surface area contributed by atoms with E-state index >= 15 is 0 Å². The van der Waals surface area contributed by atoms with Gasteiger partial charge < -0.3 is 9.84 Å². The van der Waals surface area contributed by atoms with Gasteiger partial charge in [-0.15, -0.1) is 0 Å². The van der Waals surface area contributed by atoms with Crippen LogP contribution in [0.2, 0.25) is 0 Å². The number of rotatable bonds is 4. The largest absolute Gasteiger partial charge is 0.378 e. The smallest absolute Gasteiger partial charge is 0.223 e. The summed E-state index contributed by atoms with van der Waals surface area (Å²) in [5.41, 5.74) is 2.92. The number of nitrogens with zero attached hydrogens (tertiary/aromatic N) is 4. The second kappa shape index (κ2) is 5.70. The molecule has 2 heterocycles. The summed E-state index contributed by atoms with van der Waals surface area (Å²) in [6.07, 6.45) is 1.76. The number of aryl methyl sites for hydroxylation is 2. The van der Waals surface area contributed by atoms with Crippen molar-refractivity contribution in [3.63, 3.8) is 0 Å². The van der Waals surface area contributed by atoms with Gasteiger partial charge in [0.05, 0.1) is 12.2 Å². The van der Waals surface area contributed by atoms with E-state index in [1.54, 1.807) is 13.1 Å². The molecule has 6 heteroatoms. The first kappa shape index (κ1) is 13.2. The summed E-state index contributed by atoms with van der Waals surface area (Å²) in [5, 5.41) is 7.12. The van der Waals surface area contributed by atoms with E-state index in [0.717, 1.165) is 22.8 Å². The third-order valence-corrected chi connectivity index (χ3v) is 2.95. The maximum absolute atomic E-state index is 4.94. The first-order valence-corrected chi connectivity index (χ1v) is 6.64. The molecule has 0 aliphatic rings. The van der Waals surface area contributed by atoms with Crippen LogP contribution >= 0.6 is 0 Å². The van der Waals surface area contributed by atoms with Gasteiger partial charge in [-0.3, -0.25) is 0 Å². The van der Waals surface area contributed by atoms with Crippen molar-refractivity contribution in [3.8, 4) is 11.3 Å². The van der Waals surface area contributed by atoms with Gasteiger partial charge in [-0.2, -0.15) is 4.98 Å². The van der Waals surface area contributed by atoms with Gasteiger partial charge in [0, 0.05) is 24.4 Å². The summed E-state index contributed by atoms with van der Waals surface area (Å²) in [7, 11) is 0. The summed E-state index contributed by atoms with van der Waals surface area (Å²) >= 11 is 0. The molecule has 1 aromatic carbocycles. The minimum absolute atomic E-state index is 0.517. The molecule has 0 spiro atoms. The van der Waals surface area contributed by atoms with Crippen molar-refractivity contribution in [2.24, 2.45) is 0 Å². The van der Waals surface area contributed by atoms with Crippen molar-refractivity contribution < 1.29 is 4.52 Å². The molecular weight excluding hydrogens is 266 g/mol. The Morgan fingerprint density at radius 1 is 1.14 bits per heavy atom. The van der Waals surface area contributed by atoms with Crippen molar-refractivity contribution in [2.75, 3.05) is 5.32 Å². The molecule has 0 amide bonds. The van der Waals surface area contributed by atoms with Crippen LogP contribution in [0.3, 0.4) is 0 Å². The predicted molar refractivity (Wildman–Crippen MR) is 78.6 cm³/mol. The molecule has 0 aliphatic heterocycles. The van der Waals surface area contributed by atoms with Crippen molar-refractivity contribution in [1.29, 1.82) is 0 Å². The molecule has 1 N–H and O–H groups in total. The highest BCUT2D eigenvalue weighted by atomic mass is 16.5. The van der Waals surface area contributed by atoms with Crippen molar-refractivity contribution in [1.82, 2.24) is 20.1 Å². The fourth-order valence-corrected chi connectivity index (χ4v) is 2.00. The number of hydrogen-bond donors (Lipinski definition) is 1. The zero-order valence-corrected chi connectivity index (χ0v) is 11.9. The number of aromatic nitrogens is 4. The molecule has 0 saturated heterocycles. The van der Waals surface area contributed by atoms with Crippen LogP contribution in [0.4, 0.5) is 5.69 Å². The zero-order chi connectivity index (χ0) is 14.7. The average molecular weight is 281 g/mol. The number of anilines is 1. The predicted octanol–water partition coefficient (Wildman–Crippen LogP) is 2.76. The van der Waals surface area contributed by atoms with Crippen LogP contribution in [0.1, 0.15) is 17.5 Å². The zero-order valence-electron chi connectivity index (χ0n) is 11.9. The SMILES string of the molecule is Cc1nccc(-c2cccc(NCc3noc(C)n3)c2)n1. The molecule has 0 saturated carbocycles. The Morgan fingerprint density at radius 2 is 2.05 bits per heavy atom. The van der Waals surface area contributed by atoms with Crippen LogP contribution in [-0.2, 0) is 6.54 Å². The van der Waals surface area contributed by atoms with Gasteiger partial charge in [0.25, 0.3) is 0 Å². The molecular formula is C15H15N5O. The van der Waals surface area contributed by atoms with E-state index in [4.69, 9.17) is 4.52 Å². The molecule has 0 unspecified atom stereocenters. The van der Waals surface area contributed by atoms with E-state index in [-0.39, 0.29) is 0 Å². The topological polar surface area (TPSA) is 76.7 Å². The highest BCUT2D eigenvalue weighted by Crippen LogP contribution is 2.20. The van der Waals surface area contributed by atoms with Gasteiger partial charge in [-0.1, -0.05) is 17.3 Å². The van der Waals surface area contributed by atoms with E-state index < -0.39 is 0 Å². The third kappa shape index (κ3) is 3.22. The molecule has 3 aromatic rings. The Hall–Kier alpha value is -2.76. The van der Waals surface area contributed by atoms with Gasteiger partial charge in [0.15, 0.2) is 5.82 Å². The monoisotopic (exact) mass is 281 g/mol. The summed E-state index contributed by atoms with van der Waals surface area (Å²) in [5.74, 6) is 1.96. The van der Waals surface area contributed by atoms with E-state index in [1.165, 1.54) is 0 Å². The molecule has 3 rings (SSSR count). The molecule has 6 nitrogen and oxygen atoms in total. The van der Waals surface area contributed by atoms with E-state index in [1.807, 2.05) is 37.3 Å². The minimum Gasteiger partial charge on any atom is -0.378 e. The van der Waals surface area contributed by atoms with Gasteiger partial charge in [0.1, 0.15) is 5.82 Å². The van der Waals surface area contributed by atoms with Crippen molar-refractivity contribution in [2.45, 2.75) is 20.4 Å². The minimum atomic E-state index is 0.517. The molecule has 0 bridgehead atoms. The fraction of sp³-hybridized carbons (Fsp3) is 0.200. The van der Waals surface area contributed by atoms with Gasteiger partial charge >= 0.3 is 0 Å². The van der Waals surface area contributed by atoms with Crippen LogP contribution in [-0.4, -0.2) is 20.1 Å². The molecule has 2 aromatic heterocycles. The highest BCUT2D eigenvalue weighted by Gasteiger charge is 2.04. The number of nitrogens with one attached hydrogen (secondary N) is 1. The second-order valence-electron chi connectivity index (χ2n) is 4.65. The standard InChI is InChI=1S/C15H15N5O/c1-10-16-7-6-14(18-10)12-4-3-5-13(8-12)17-9-15-19-11(2)21-20-15/h3-8,17H,9H2,1-2H3. The molecule has 21 heavy (non-hydrogen) atoms. The van der Waals surface area contributed by atoms with Gasteiger partial charge in [-0.05, 0) is 25.1 Å². The van der Waals surface area contributed by atoms with Crippen LogP contribution in [0.15, 0.2) is 41.1 Å². The summed E-state index contributed by atoms with van der Waals surface area (Å²) in [6, 6.07) is 9.93. The first-order chi connectivity index (χ1) is 10.2. The fourth-order valence-electron chi connectivity index (χ4n) is 2.00. The van der Waals surface area contributed by atoms with Crippen LogP contribution < -0.4 is 5.32 Å². The molecule has 106 valence electrons. The lowest BCUT2D eigenvalue weighted by molar-refractivity contribution is 0.388. The van der Waals surface area contributed by atoms with Crippen LogP contribution in [0.5, 0.6) is 0 Å². The number of benzene rings is 1. The maximum Gasteiger partial charge on any atom is 0.223 e. The lowest BCUT2D eigenvalue weighted by atomic mass is 10.1. The highest BCUT2D eigenvalue weighted by molar-refractivity contribution is 5.64. The van der Waals surface area contributed by atoms with Crippen LogP contribution in [0, 0.1) is 13.8 Å². The van der Waals surface area contributed by atoms with Gasteiger partial charge in [-0.25, -0.2) is 9.97 Å². The quantitative estimate of drug-likeness (QED) is 0.792. The molecule has 0 atom stereocenters. The summed E-state index contributed by atoms with van der Waals surface area (Å²) < 4.78 is 4.94. The maximum atomic E-state index is 4.94. The first-order valence-electron chi connectivity index (χ1n) is 6.64. The van der Waals surface area contributed by atoms with Crippen molar-refractivity contribution >= 4 is 5.69 Å². The second-order valence-corrected chi connectivity index (χ2v) is 4.65. The molecule has 0 radical (unpaired) electrons. The Balaban J connectivity index is 1.77. The molecule has 0 aliphatic carbocycles. The lowest BCUT2D eigenvalue weighted by Crippen LogP contribution is -2.01. The Kier molecular flexibility index (Phi) is 3.59. The van der Waals surface area contributed by atoms with E-state index in [2.05, 4.69) is 25.4 Å². The van der Waals surface area contributed by atoms with Gasteiger partial charge in [0.2, 0.25) is 5.89 Å². The summed E-state index contributed by atoms with van der Waals surface area (Å²) in [6.45, 7) is 4.17. The average Bonchev–Trinajstić information content (AvgIpc) is 2.91. The summed E-state index contributed by atoms with van der Waals surface area (Å²) in [4.78, 5) is 12.7. The third-order valence-electron chi connectivity index (χ3n) is 2.95. The Morgan fingerprint density at radius 3 is 2.81 bits per heavy atom. The van der Waals surface area contributed by atoms with Crippen molar-refractivity contribution in [3.05, 3.63) is 54.1 Å². The normalized spacial score (nSPS) is 10.6. The number of hydrogen-bond acceptors (Lipinski definition) is 6. The Bertz CT molecular complexity index is 753.